The third-order valence-electron chi connectivity index (χ3n) is 3.47. The van der Waals surface area contributed by atoms with Crippen molar-refractivity contribution in [1.82, 2.24) is 15.0 Å². The molecule has 104 valence electrons. The van der Waals surface area contributed by atoms with E-state index in [2.05, 4.69) is 35.8 Å². The van der Waals surface area contributed by atoms with E-state index in [0.29, 0.717) is 5.92 Å². The van der Waals surface area contributed by atoms with Crippen LogP contribution in [0.25, 0.3) is 0 Å². The van der Waals surface area contributed by atoms with Crippen LogP contribution in [-0.2, 0) is 6.54 Å². The number of hydrogen-bond acceptors (Lipinski definition) is 5. The summed E-state index contributed by atoms with van der Waals surface area (Å²) in [6, 6.07) is 0. The molecule has 1 aliphatic rings. The molecule has 1 atom stereocenters. The lowest BCUT2D eigenvalue weighted by Gasteiger charge is -2.21. The summed E-state index contributed by atoms with van der Waals surface area (Å²) in [6.07, 6.45) is 1.15. The Hall–Kier alpha value is -0.650. The van der Waals surface area contributed by atoms with Gasteiger partial charge in [-0.2, -0.15) is 4.98 Å². The molecule has 1 saturated heterocycles. The Bertz CT molecular complexity index is 382. The molecule has 1 fully saturated rings. The van der Waals surface area contributed by atoms with Crippen molar-refractivity contribution in [3.63, 3.8) is 0 Å². The molecule has 1 aromatic rings. The van der Waals surface area contributed by atoms with Crippen LogP contribution in [0.2, 0.25) is 0 Å². The van der Waals surface area contributed by atoms with E-state index in [0.717, 1.165) is 44.3 Å². The maximum Gasteiger partial charge on any atom is 0.229 e. The second-order valence-electron chi connectivity index (χ2n) is 5.68. The second kappa shape index (κ2) is 5.99. The highest BCUT2D eigenvalue weighted by molar-refractivity contribution is 5.85. The first-order chi connectivity index (χ1) is 8.02. The van der Waals surface area contributed by atoms with Crippen molar-refractivity contribution in [3.8, 4) is 0 Å². The molecule has 0 spiro atoms. The highest BCUT2D eigenvalue weighted by atomic mass is 35.5. The van der Waals surface area contributed by atoms with Crippen molar-refractivity contribution in [2.24, 2.45) is 11.1 Å². The molecule has 0 saturated carbocycles. The van der Waals surface area contributed by atoms with Crippen LogP contribution in [0.3, 0.4) is 0 Å². The van der Waals surface area contributed by atoms with Gasteiger partial charge in [0.25, 0.3) is 0 Å². The third-order valence-corrected chi connectivity index (χ3v) is 3.47. The molecule has 5 nitrogen and oxygen atoms in total. The summed E-state index contributed by atoms with van der Waals surface area (Å²) in [7, 11) is 0. The molecular formula is C12H23ClN4O. The first kappa shape index (κ1) is 15.4. The van der Waals surface area contributed by atoms with E-state index in [1.165, 1.54) is 0 Å². The fraction of sp³-hybridized carbons (Fsp3) is 0.833. The molecule has 0 radical (unpaired) electrons. The minimum absolute atomic E-state index is 0. The van der Waals surface area contributed by atoms with Crippen molar-refractivity contribution in [2.45, 2.75) is 39.7 Å². The number of rotatable bonds is 4. The minimum atomic E-state index is 0. The van der Waals surface area contributed by atoms with Crippen molar-refractivity contribution < 1.29 is 4.52 Å². The van der Waals surface area contributed by atoms with Gasteiger partial charge >= 0.3 is 0 Å². The SMILES string of the molecule is CC(C)c1nc(CN2CCC(C)(CN)C2)no1.Cl. The van der Waals surface area contributed by atoms with Crippen LogP contribution in [0.15, 0.2) is 4.52 Å². The highest BCUT2D eigenvalue weighted by Crippen LogP contribution is 2.29. The Kier molecular flexibility index (Phi) is 5.13. The molecule has 0 amide bonds. The van der Waals surface area contributed by atoms with Gasteiger partial charge in [-0.3, -0.25) is 4.90 Å². The van der Waals surface area contributed by atoms with Crippen LogP contribution in [-0.4, -0.2) is 34.7 Å². The van der Waals surface area contributed by atoms with E-state index in [1.54, 1.807) is 0 Å². The summed E-state index contributed by atoms with van der Waals surface area (Å²) >= 11 is 0. The number of aromatic nitrogens is 2. The smallest absolute Gasteiger partial charge is 0.229 e. The monoisotopic (exact) mass is 274 g/mol. The Balaban J connectivity index is 0.00000162. The summed E-state index contributed by atoms with van der Waals surface area (Å²) in [5.74, 6) is 1.81. The minimum Gasteiger partial charge on any atom is -0.339 e. The molecule has 1 aromatic heterocycles. The number of likely N-dealkylation sites (tertiary alicyclic amines) is 1. The standard InChI is InChI=1S/C12H22N4O.ClH/c1-9(2)11-14-10(15-17-11)6-16-5-4-12(3,7-13)8-16;/h9H,4-8,13H2,1-3H3;1H. The fourth-order valence-electron chi connectivity index (χ4n) is 2.19. The molecular weight excluding hydrogens is 252 g/mol. The molecule has 6 heteroatoms. The van der Waals surface area contributed by atoms with Crippen LogP contribution < -0.4 is 5.73 Å². The van der Waals surface area contributed by atoms with Gasteiger partial charge in [0.2, 0.25) is 5.89 Å². The number of hydrogen-bond donors (Lipinski definition) is 1. The molecule has 2 N–H and O–H groups in total. The lowest BCUT2D eigenvalue weighted by molar-refractivity contribution is 0.264. The van der Waals surface area contributed by atoms with Crippen LogP contribution >= 0.6 is 12.4 Å². The van der Waals surface area contributed by atoms with Crippen molar-refractivity contribution in [3.05, 3.63) is 11.7 Å². The molecule has 2 rings (SSSR count). The van der Waals surface area contributed by atoms with Gasteiger partial charge in [-0.1, -0.05) is 25.9 Å². The molecule has 1 aliphatic heterocycles. The van der Waals surface area contributed by atoms with E-state index in [-0.39, 0.29) is 17.8 Å². The normalized spacial score (nSPS) is 24.5. The maximum atomic E-state index is 5.79. The van der Waals surface area contributed by atoms with E-state index >= 15 is 0 Å². The Labute approximate surface area is 115 Å². The maximum absolute atomic E-state index is 5.79. The fourth-order valence-corrected chi connectivity index (χ4v) is 2.19. The summed E-state index contributed by atoms with van der Waals surface area (Å²) < 4.78 is 5.20. The van der Waals surface area contributed by atoms with Crippen LogP contribution in [0.1, 0.15) is 44.8 Å². The van der Waals surface area contributed by atoms with Crippen molar-refractivity contribution in [1.29, 1.82) is 0 Å². The number of nitrogens with two attached hydrogens (primary N) is 1. The zero-order valence-corrected chi connectivity index (χ0v) is 12.2. The molecule has 1 unspecified atom stereocenters. The Morgan fingerprint density at radius 1 is 1.50 bits per heavy atom. The van der Waals surface area contributed by atoms with E-state index in [9.17, 15) is 0 Å². The first-order valence-electron chi connectivity index (χ1n) is 6.27. The molecule has 0 bridgehead atoms. The Morgan fingerprint density at radius 2 is 2.22 bits per heavy atom. The second-order valence-corrected chi connectivity index (χ2v) is 5.68. The van der Waals surface area contributed by atoms with Gasteiger partial charge < -0.3 is 10.3 Å². The molecule has 0 aliphatic carbocycles. The Morgan fingerprint density at radius 3 is 2.72 bits per heavy atom. The topological polar surface area (TPSA) is 68.2 Å². The summed E-state index contributed by atoms with van der Waals surface area (Å²) in [6.45, 7) is 9.95. The summed E-state index contributed by atoms with van der Waals surface area (Å²) in [5, 5.41) is 4.02. The molecule has 2 heterocycles. The van der Waals surface area contributed by atoms with Crippen LogP contribution in [0.5, 0.6) is 0 Å². The predicted molar refractivity (Wildman–Crippen MR) is 72.7 cm³/mol. The summed E-state index contributed by atoms with van der Waals surface area (Å²) in [4.78, 5) is 6.75. The van der Waals surface area contributed by atoms with E-state index in [4.69, 9.17) is 10.3 Å². The lowest BCUT2D eigenvalue weighted by Crippen LogP contribution is -2.31. The van der Waals surface area contributed by atoms with Gasteiger partial charge in [-0.05, 0) is 24.9 Å². The van der Waals surface area contributed by atoms with Crippen LogP contribution in [0.4, 0.5) is 0 Å². The average Bonchev–Trinajstić information content (AvgIpc) is 2.87. The zero-order valence-electron chi connectivity index (χ0n) is 11.3. The average molecular weight is 275 g/mol. The van der Waals surface area contributed by atoms with E-state index < -0.39 is 0 Å². The van der Waals surface area contributed by atoms with Gasteiger partial charge in [0.1, 0.15) is 0 Å². The molecule has 18 heavy (non-hydrogen) atoms. The first-order valence-corrected chi connectivity index (χ1v) is 6.27. The predicted octanol–water partition coefficient (Wildman–Crippen LogP) is 1.79. The molecule has 0 aromatic carbocycles. The largest absolute Gasteiger partial charge is 0.339 e. The van der Waals surface area contributed by atoms with Crippen molar-refractivity contribution in [2.75, 3.05) is 19.6 Å². The number of halogens is 1. The van der Waals surface area contributed by atoms with Gasteiger partial charge in [0, 0.05) is 12.5 Å². The van der Waals surface area contributed by atoms with E-state index in [1.807, 2.05) is 0 Å². The van der Waals surface area contributed by atoms with Gasteiger partial charge in [0.15, 0.2) is 5.82 Å². The number of nitrogens with zero attached hydrogens (tertiary/aromatic N) is 3. The van der Waals surface area contributed by atoms with Crippen LogP contribution in [0, 0.1) is 5.41 Å². The summed E-state index contributed by atoms with van der Waals surface area (Å²) in [5.41, 5.74) is 6.05. The van der Waals surface area contributed by atoms with Gasteiger partial charge in [0.05, 0.1) is 6.54 Å². The van der Waals surface area contributed by atoms with Crippen molar-refractivity contribution >= 4 is 12.4 Å². The zero-order chi connectivity index (χ0) is 12.5. The third kappa shape index (κ3) is 3.43. The van der Waals surface area contributed by atoms with Gasteiger partial charge in [-0.15, -0.1) is 12.4 Å². The van der Waals surface area contributed by atoms with Gasteiger partial charge in [-0.25, -0.2) is 0 Å². The highest BCUT2D eigenvalue weighted by Gasteiger charge is 2.32. The quantitative estimate of drug-likeness (QED) is 0.907. The lowest BCUT2D eigenvalue weighted by atomic mass is 9.90.